The number of rotatable bonds is 7. The number of pyridine rings is 1. The van der Waals surface area contributed by atoms with Crippen molar-refractivity contribution in [2.45, 2.75) is 64.2 Å². The number of hydrogen-bond acceptors (Lipinski definition) is 6. The van der Waals surface area contributed by atoms with Gasteiger partial charge in [-0.3, -0.25) is 24.6 Å². The number of likely N-dealkylation sites (tertiary alicyclic amines) is 1. The van der Waals surface area contributed by atoms with Crippen molar-refractivity contribution >= 4 is 41.0 Å². The monoisotopic (exact) mass is 550 g/mol. The zero-order valence-corrected chi connectivity index (χ0v) is 22.7. The molecule has 12 heteroatoms. The molecular formula is C26H36ClFN6O4. The van der Waals surface area contributed by atoms with Crippen LogP contribution in [0.1, 0.15) is 46.5 Å². The first-order chi connectivity index (χ1) is 18.0. The topological polar surface area (TPSA) is 124 Å². The molecule has 0 radical (unpaired) electrons. The van der Waals surface area contributed by atoms with Crippen LogP contribution in [0, 0.1) is 23.2 Å². The number of fused-ring (bicyclic) bond motifs is 1. The first-order valence-electron chi connectivity index (χ1n) is 13.1. The Hall–Kier alpha value is -2.95. The Labute approximate surface area is 227 Å². The lowest BCUT2D eigenvalue weighted by Gasteiger charge is -2.37. The average Bonchev–Trinajstić information content (AvgIpc) is 3.57. The molecule has 1 aromatic rings. The van der Waals surface area contributed by atoms with E-state index >= 15 is 0 Å². The highest BCUT2D eigenvalue weighted by Gasteiger charge is 2.52. The molecule has 2 aliphatic heterocycles. The lowest BCUT2D eigenvalue weighted by molar-refractivity contribution is -0.149. The summed E-state index contributed by atoms with van der Waals surface area (Å²) in [5, 5.41) is 6.71. The van der Waals surface area contributed by atoms with E-state index in [9.17, 15) is 23.6 Å². The van der Waals surface area contributed by atoms with Crippen LogP contribution in [-0.4, -0.2) is 75.9 Å². The second-order valence-electron chi connectivity index (χ2n) is 11.5. The molecule has 2 unspecified atom stereocenters. The molecule has 0 spiro atoms. The highest BCUT2D eigenvalue weighted by molar-refractivity contribution is 6.29. The van der Waals surface area contributed by atoms with Crippen LogP contribution in [0.15, 0.2) is 24.4 Å². The molecular weight excluding hydrogens is 515 g/mol. The highest BCUT2D eigenvalue weighted by Crippen LogP contribution is 2.43. The Kier molecular flexibility index (Phi) is 8.44. The van der Waals surface area contributed by atoms with Gasteiger partial charge >= 0.3 is 0 Å². The Morgan fingerprint density at radius 1 is 1.26 bits per heavy atom. The second-order valence-corrected chi connectivity index (χ2v) is 11.8. The number of halogens is 2. The molecule has 2 saturated heterocycles. The zero-order valence-electron chi connectivity index (χ0n) is 22.0. The van der Waals surface area contributed by atoms with Crippen LogP contribution in [0.25, 0.3) is 0 Å². The molecule has 1 aliphatic carbocycles. The number of alkyl halides is 2. The minimum Gasteiger partial charge on any atom is -0.358 e. The van der Waals surface area contributed by atoms with Gasteiger partial charge in [-0.05, 0) is 48.6 Å². The average molecular weight is 551 g/mol. The normalized spacial score (nSPS) is 26.3. The van der Waals surface area contributed by atoms with E-state index in [1.807, 2.05) is 26.8 Å². The minimum absolute atomic E-state index is 0.0849. The van der Waals surface area contributed by atoms with Crippen molar-refractivity contribution in [1.82, 2.24) is 25.6 Å². The number of carbonyl (C=O) groups excluding carboxylic acids is 4. The van der Waals surface area contributed by atoms with Gasteiger partial charge in [0.05, 0.1) is 12.5 Å². The van der Waals surface area contributed by atoms with Crippen LogP contribution in [-0.2, 0) is 19.2 Å². The number of anilines is 1. The van der Waals surface area contributed by atoms with E-state index in [0.29, 0.717) is 25.3 Å². The number of aromatic nitrogens is 1. The summed E-state index contributed by atoms with van der Waals surface area (Å²) in [6, 6.07) is 3.86. The first kappa shape index (κ1) is 28.1. The van der Waals surface area contributed by atoms with E-state index in [2.05, 4.69) is 21.0 Å². The van der Waals surface area contributed by atoms with Crippen molar-refractivity contribution in [3.63, 3.8) is 0 Å². The summed E-state index contributed by atoms with van der Waals surface area (Å²) in [7, 11) is 0. The molecule has 1 aromatic heterocycles. The fourth-order valence-corrected chi connectivity index (χ4v) is 5.94. The van der Waals surface area contributed by atoms with Crippen molar-refractivity contribution in [3.8, 4) is 0 Å². The van der Waals surface area contributed by atoms with Crippen LogP contribution >= 0.6 is 11.6 Å². The lowest BCUT2D eigenvalue weighted by Crippen LogP contribution is -2.59. The Balaban J connectivity index is 1.58. The van der Waals surface area contributed by atoms with Gasteiger partial charge in [-0.2, -0.15) is 0 Å². The van der Waals surface area contributed by atoms with Gasteiger partial charge in [0, 0.05) is 19.3 Å². The summed E-state index contributed by atoms with van der Waals surface area (Å²) < 4.78 is 13.9. The molecule has 3 fully saturated rings. The maximum atomic E-state index is 14.0. The van der Waals surface area contributed by atoms with E-state index < -0.39 is 40.9 Å². The third-order valence-corrected chi connectivity index (χ3v) is 7.96. The van der Waals surface area contributed by atoms with E-state index in [4.69, 9.17) is 11.6 Å². The van der Waals surface area contributed by atoms with Gasteiger partial charge in [-0.25, -0.2) is 14.4 Å². The summed E-state index contributed by atoms with van der Waals surface area (Å²) in [6.07, 6.45) is 4.68. The fourth-order valence-electron chi connectivity index (χ4n) is 5.83. The van der Waals surface area contributed by atoms with Crippen LogP contribution in [0.4, 0.5) is 10.2 Å². The Morgan fingerprint density at radius 3 is 2.63 bits per heavy atom. The van der Waals surface area contributed by atoms with E-state index in [-0.39, 0.29) is 30.2 Å². The molecule has 3 heterocycles. The maximum absolute atomic E-state index is 14.0. The van der Waals surface area contributed by atoms with Gasteiger partial charge in [0.25, 0.3) is 17.4 Å². The maximum Gasteiger partial charge on any atom is 0.291 e. The third kappa shape index (κ3) is 6.03. The zero-order chi connectivity index (χ0) is 27.6. The van der Waals surface area contributed by atoms with Crippen molar-refractivity contribution in [2.75, 3.05) is 25.0 Å². The molecule has 10 nitrogen and oxygen atoms in total. The van der Waals surface area contributed by atoms with Crippen molar-refractivity contribution in [1.29, 1.82) is 0 Å². The number of carbonyl (C=O) groups is 4. The SMILES string of the molecule is CC(C)(C)C(Nc1ccccn1)C(=O)N1C[C@@H]2CCC[C@@H]2[C@H]1C(=O)NN(C[C@@H]1CCNC1=O)C(=O)C(F)Cl. The lowest BCUT2D eigenvalue weighted by atomic mass is 9.85. The number of amides is 4. The fraction of sp³-hybridized carbons (Fsp3) is 0.654. The van der Waals surface area contributed by atoms with Crippen LogP contribution in [0.2, 0.25) is 0 Å². The molecule has 0 aromatic carbocycles. The molecule has 1 saturated carbocycles. The molecule has 6 atom stereocenters. The predicted octanol–water partition coefficient (Wildman–Crippen LogP) is 2.07. The quantitative estimate of drug-likeness (QED) is 0.353. The van der Waals surface area contributed by atoms with E-state index in [1.54, 1.807) is 23.2 Å². The third-order valence-electron chi connectivity index (χ3n) is 7.78. The van der Waals surface area contributed by atoms with Gasteiger partial charge in [0.15, 0.2) is 0 Å². The van der Waals surface area contributed by atoms with Crippen LogP contribution in [0.5, 0.6) is 0 Å². The van der Waals surface area contributed by atoms with Crippen molar-refractivity contribution in [2.24, 2.45) is 23.2 Å². The molecule has 208 valence electrons. The summed E-state index contributed by atoms with van der Waals surface area (Å²) in [6.45, 7) is 6.46. The van der Waals surface area contributed by atoms with Crippen LogP contribution in [0.3, 0.4) is 0 Å². The summed E-state index contributed by atoms with van der Waals surface area (Å²) in [5.74, 6) is -2.23. The van der Waals surface area contributed by atoms with Gasteiger partial charge < -0.3 is 15.5 Å². The molecule has 4 amide bonds. The Morgan fingerprint density at radius 2 is 2.03 bits per heavy atom. The van der Waals surface area contributed by atoms with Crippen molar-refractivity contribution < 1.29 is 23.6 Å². The summed E-state index contributed by atoms with van der Waals surface area (Å²) >= 11 is 5.44. The molecule has 3 aliphatic rings. The summed E-state index contributed by atoms with van der Waals surface area (Å²) in [5.41, 5.74) is -0.364. The first-order valence-corrected chi connectivity index (χ1v) is 13.6. The molecule has 0 bridgehead atoms. The van der Waals surface area contributed by atoms with E-state index in [0.717, 1.165) is 24.3 Å². The summed E-state index contributed by atoms with van der Waals surface area (Å²) in [4.78, 5) is 58.3. The van der Waals surface area contributed by atoms with Gasteiger partial charge in [0.1, 0.15) is 17.9 Å². The van der Waals surface area contributed by atoms with E-state index in [1.165, 1.54) is 0 Å². The van der Waals surface area contributed by atoms with Crippen LogP contribution < -0.4 is 16.1 Å². The molecule has 38 heavy (non-hydrogen) atoms. The number of nitrogens with one attached hydrogen (secondary N) is 3. The smallest absolute Gasteiger partial charge is 0.291 e. The molecule has 4 rings (SSSR count). The number of hydrazine groups is 1. The van der Waals surface area contributed by atoms with Crippen molar-refractivity contribution in [3.05, 3.63) is 24.4 Å². The largest absolute Gasteiger partial charge is 0.358 e. The number of hydrogen-bond donors (Lipinski definition) is 3. The number of nitrogens with zero attached hydrogens (tertiary/aromatic N) is 3. The Bertz CT molecular complexity index is 1050. The highest BCUT2D eigenvalue weighted by atomic mass is 35.5. The van der Waals surface area contributed by atoms with Gasteiger partial charge in [-0.15, -0.1) is 0 Å². The predicted molar refractivity (Wildman–Crippen MR) is 139 cm³/mol. The molecule has 3 N–H and O–H groups in total. The van der Waals surface area contributed by atoms with Gasteiger partial charge in [0.2, 0.25) is 11.8 Å². The minimum atomic E-state index is -2.38. The standard InChI is InChI=1S/C26H36ClFN6O4/c1-26(2,3)20(31-18-9-4-5-11-29-18)24(37)33-13-15-7-6-8-17(15)19(33)23(36)32-34(25(38)21(27)28)14-16-10-12-30-22(16)35/h4-5,9,11,15-17,19-21H,6-8,10,12-14H2,1-3H3,(H,29,31)(H,30,35)(H,32,36)/t15-,16-,17-,19-,20?,21?/m0/s1. The van der Waals surface area contributed by atoms with Gasteiger partial charge in [-0.1, -0.05) is 44.9 Å². The second kappa shape index (κ2) is 11.4.